The molecular weight excluding hydrogens is 267 g/mol. The molecule has 2 rings (SSSR count). The highest BCUT2D eigenvalue weighted by molar-refractivity contribution is 6.00. The number of nitrogens with one attached hydrogen (secondary N) is 2. The van der Waals surface area contributed by atoms with Crippen LogP contribution >= 0.6 is 0 Å². The second-order valence-corrected chi connectivity index (χ2v) is 4.50. The van der Waals surface area contributed by atoms with Gasteiger partial charge in [-0.1, -0.05) is 6.07 Å². The summed E-state index contributed by atoms with van der Waals surface area (Å²) in [6, 6.07) is 3.27. The number of carbonyl (C=O) groups excluding carboxylic acids is 2. The van der Waals surface area contributed by atoms with Crippen LogP contribution in [0.15, 0.2) is 18.2 Å². The van der Waals surface area contributed by atoms with Crippen LogP contribution in [0, 0.1) is 5.82 Å². The van der Waals surface area contributed by atoms with Gasteiger partial charge in [0.15, 0.2) is 0 Å². The second-order valence-electron chi connectivity index (χ2n) is 4.50. The number of benzene rings is 1. The van der Waals surface area contributed by atoms with Crippen LogP contribution in [-0.2, 0) is 16.1 Å². The lowest BCUT2D eigenvalue weighted by atomic mass is 10.1. The lowest BCUT2D eigenvalue weighted by molar-refractivity contribution is -0.134. The molecule has 7 heteroatoms. The van der Waals surface area contributed by atoms with Crippen LogP contribution in [0.1, 0.15) is 28.8 Å². The van der Waals surface area contributed by atoms with Crippen molar-refractivity contribution in [3.8, 4) is 0 Å². The summed E-state index contributed by atoms with van der Waals surface area (Å²) in [4.78, 5) is 33.1. The van der Waals surface area contributed by atoms with Gasteiger partial charge < -0.3 is 10.4 Å². The fraction of sp³-hybridized carbons (Fsp3) is 0.308. The summed E-state index contributed by atoms with van der Waals surface area (Å²) in [5.74, 6) is -2.85. The molecular formula is C13H13FN2O4. The predicted octanol–water partition coefficient (Wildman–Crippen LogP) is 0.419. The number of hydrogen-bond donors (Lipinski definition) is 3. The molecule has 0 aliphatic carbocycles. The fourth-order valence-corrected chi connectivity index (χ4v) is 1.97. The Morgan fingerprint density at radius 2 is 2.20 bits per heavy atom. The van der Waals surface area contributed by atoms with Crippen molar-refractivity contribution in [1.82, 2.24) is 10.6 Å². The molecule has 0 saturated carbocycles. The van der Waals surface area contributed by atoms with E-state index in [-0.39, 0.29) is 18.9 Å². The maximum atomic E-state index is 13.5. The zero-order valence-corrected chi connectivity index (χ0v) is 10.5. The monoisotopic (exact) mass is 280 g/mol. The first kappa shape index (κ1) is 14.1. The third-order valence-corrected chi connectivity index (χ3v) is 3.06. The summed E-state index contributed by atoms with van der Waals surface area (Å²) in [5, 5.41) is 13.8. The Morgan fingerprint density at radius 1 is 1.45 bits per heavy atom. The Labute approximate surface area is 114 Å². The van der Waals surface area contributed by atoms with Gasteiger partial charge in [0.05, 0.1) is 11.6 Å². The number of carbonyl (C=O) groups is 3. The number of carboxylic acids is 1. The summed E-state index contributed by atoms with van der Waals surface area (Å²) in [6.07, 6.45) is 0.649. The summed E-state index contributed by atoms with van der Waals surface area (Å²) in [7, 11) is 0. The topological polar surface area (TPSA) is 95.5 Å². The van der Waals surface area contributed by atoms with Crippen LogP contribution in [0.25, 0.3) is 0 Å². The van der Waals surface area contributed by atoms with Crippen LogP contribution in [0.4, 0.5) is 4.39 Å². The average molecular weight is 280 g/mol. The second kappa shape index (κ2) is 5.79. The molecule has 0 aromatic heterocycles. The lowest BCUT2D eigenvalue weighted by Crippen LogP contribution is -2.50. The van der Waals surface area contributed by atoms with Crippen molar-refractivity contribution in [2.75, 3.05) is 0 Å². The minimum absolute atomic E-state index is 0.211. The molecule has 6 nitrogen and oxygen atoms in total. The number of carboxylic acid groups (broad SMARTS) is 1. The van der Waals surface area contributed by atoms with Gasteiger partial charge in [-0.25, -0.2) is 9.18 Å². The van der Waals surface area contributed by atoms with E-state index in [4.69, 9.17) is 5.11 Å². The van der Waals surface area contributed by atoms with E-state index in [2.05, 4.69) is 10.6 Å². The molecule has 1 aromatic carbocycles. The zero-order chi connectivity index (χ0) is 14.7. The predicted molar refractivity (Wildman–Crippen MR) is 66.4 cm³/mol. The molecule has 20 heavy (non-hydrogen) atoms. The van der Waals surface area contributed by atoms with E-state index >= 15 is 0 Å². The smallest absolute Gasteiger partial charge is 0.338 e. The number of amides is 2. The quantitative estimate of drug-likeness (QED) is 0.695. The SMILES string of the molecule is O=C1CCC(NCc2ccc(C(=O)O)c(F)c2)C(=O)N1. The molecule has 1 aromatic rings. The Bertz CT molecular complexity index is 573. The maximum Gasteiger partial charge on any atom is 0.338 e. The Kier molecular flexibility index (Phi) is 4.09. The molecule has 0 bridgehead atoms. The standard InChI is InChI=1S/C13H13FN2O4/c14-9-5-7(1-2-8(9)13(19)20)6-15-10-3-4-11(17)16-12(10)18/h1-2,5,10,15H,3-4,6H2,(H,19,20)(H,16,17,18). The van der Waals surface area contributed by atoms with E-state index in [9.17, 15) is 18.8 Å². The number of aromatic carboxylic acids is 1. The van der Waals surface area contributed by atoms with Gasteiger partial charge in [0, 0.05) is 13.0 Å². The van der Waals surface area contributed by atoms with E-state index in [0.717, 1.165) is 6.07 Å². The Morgan fingerprint density at radius 3 is 2.80 bits per heavy atom. The average Bonchev–Trinajstić information content (AvgIpc) is 2.37. The van der Waals surface area contributed by atoms with Gasteiger partial charge in [-0.3, -0.25) is 14.9 Å². The first-order valence-electron chi connectivity index (χ1n) is 6.06. The number of rotatable bonds is 4. The Balaban J connectivity index is 1.97. The van der Waals surface area contributed by atoms with Gasteiger partial charge in [-0.05, 0) is 24.1 Å². The van der Waals surface area contributed by atoms with Crippen LogP contribution in [0.3, 0.4) is 0 Å². The molecule has 1 aliphatic heterocycles. The van der Waals surface area contributed by atoms with Crippen molar-refractivity contribution in [2.24, 2.45) is 0 Å². The molecule has 1 saturated heterocycles. The van der Waals surface area contributed by atoms with E-state index in [1.807, 2.05) is 0 Å². The molecule has 2 amide bonds. The lowest BCUT2D eigenvalue weighted by Gasteiger charge is -2.21. The van der Waals surface area contributed by atoms with Crippen molar-refractivity contribution >= 4 is 17.8 Å². The molecule has 3 N–H and O–H groups in total. The summed E-state index contributed by atoms with van der Waals surface area (Å²) < 4.78 is 13.5. The number of halogens is 1. The first-order chi connectivity index (χ1) is 9.47. The fourth-order valence-electron chi connectivity index (χ4n) is 1.97. The van der Waals surface area contributed by atoms with Gasteiger partial charge >= 0.3 is 5.97 Å². The highest BCUT2D eigenvalue weighted by atomic mass is 19.1. The minimum Gasteiger partial charge on any atom is -0.478 e. The molecule has 1 unspecified atom stereocenters. The van der Waals surface area contributed by atoms with Crippen molar-refractivity contribution in [2.45, 2.75) is 25.4 Å². The maximum absolute atomic E-state index is 13.5. The molecule has 1 aliphatic rings. The van der Waals surface area contributed by atoms with Gasteiger partial charge in [0.25, 0.3) is 0 Å². The van der Waals surface area contributed by atoms with Crippen molar-refractivity contribution in [1.29, 1.82) is 0 Å². The molecule has 1 atom stereocenters. The van der Waals surface area contributed by atoms with Gasteiger partial charge in [0.2, 0.25) is 11.8 Å². The highest BCUT2D eigenvalue weighted by Crippen LogP contribution is 2.11. The van der Waals surface area contributed by atoms with Crippen molar-refractivity contribution in [3.05, 3.63) is 35.1 Å². The summed E-state index contributed by atoms with van der Waals surface area (Å²) in [6.45, 7) is 0.211. The Hall–Kier alpha value is -2.28. The number of hydrogen-bond acceptors (Lipinski definition) is 4. The number of piperidine rings is 1. The molecule has 106 valence electrons. The highest BCUT2D eigenvalue weighted by Gasteiger charge is 2.25. The third-order valence-electron chi connectivity index (χ3n) is 3.06. The van der Waals surface area contributed by atoms with Gasteiger partial charge in [-0.2, -0.15) is 0 Å². The third kappa shape index (κ3) is 3.18. The molecule has 0 spiro atoms. The van der Waals surface area contributed by atoms with Gasteiger partial charge in [0.1, 0.15) is 5.82 Å². The van der Waals surface area contributed by atoms with Crippen LogP contribution in [0.2, 0.25) is 0 Å². The summed E-state index contributed by atoms with van der Waals surface area (Å²) >= 11 is 0. The van der Waals surface area contributed by atoms with Crippen LogP contribution < -0.4 is 10.6 Å². The van der Waals surface area contributed by atoms with Crippen LogP contribution in [0.5, 0.6) is 0 Å². The molecule has 1 heterocycles. The van der Waals surface area contributed by atoms with E-state index in [1.54, 1.807) is 0 Å². The van der Waals surface area contributed by atoms with E-state index < -0.39 is 29.3 Å². The minimum atomic E-state index is -1.33. The molecule has 0 radical (unpaired) electrons. The van der Waals surface area contributed by atoms with Gasteiger partial charge in [-0.15, -0.1) is 0 Å². The normalized spacial score (nSPS) is 18.8. The van der Waals surface area contributed by atoms with E-state index in [1.165, 1.54) is 12.1 Å². The molecule has 1 fully saturated rings. The zero-order valence-electron chi connectivity index (χ0n) is 10.5. The summed E-state index contributed by atoms with van der Waals surface area (Å²) in [5.41, 5.74) is 0.131. The largest absolute Gasteiger partial charge is 0.478 e. The number of imide groups is 1. The van der Waals surface area contributed by atoms with Crippen LogP contribution in [-0.4, -0.2) is 28.9 Å². The first-order valence-corrected chi connectivity index (χ1v) is 6.06. The van der Waals surface area contributed by atoms with E-state index in [0.29, 0.717) is 12.0 Å². The van der Waals surface area contributed by atoms with Crippen molar-refractivity contribution < 1.29 is 23.9 Å². The van der Waals surface area contributed by atoms with Crippen molar-refractivity contribution in [3.63, 3.8) is 0 Å².